The molecule has 5 nitrogen and oxygen atoms in total. The molecule has 3 aromatic heterocycles. The number of fused-ring (bicyclic) bond motifs is 7. The molecule has 0 aliphatic rings. The zero-order valence-corrected chi connectivity index (χ0v) is 25.6. The molecule has 0 radical (unpaired) electrons. The number of aromatic nitrogens is 1. The van der Waals surface area contributed by atoms with Crippen molar-refractivity contribution in [1.82, 2.24) is 4.98 Å². The van der Waals surface area contributed by atoms with Gasteiger partial charge in [0.2, 0.25) is 5.89 Å². The summed E-state index contributed by atoms with van der Waals surface area (Å²) >= 11 is 0. The van der Waals surface area contributed by atoms with Crippen LogP contribution in [0.3, 0.4) is 0 Å². The molecule has 0 unspecified atom stereocenters. The molecular formula is C43H26N2O3. The number of para-hydroxylation sites is 4. The monoisotopic (exact) mass is 618 g/mol. The van der Waals surface area contributed by atoms with Crippen molar-refractivity contribution in [2.45, 2.75) is 0 Å². The van der Waals surface area contributed by atoms with Crippen molar-refractivity contribution in [1.29, 1.82) is 0 Å². The molecule has 10 rings (SSSR count). The quantitative estimate of drug-likeness (QED) is 0.192. The maximum atomic E-state index is 6.50. The molecule has 0 atom stereocenters. The van der Waals surface area contributed by atoms with Crippen LogP contribution in [0.2, 0.25) is 0 Å². The van der Waals surface area contributed by atoms with Crippen molar-refractivity contribution in [3.8, 4) is 22.6 Å². The van der Waals surface area contributed by atoms with Crippen LogP contribution in [-0.2, 0) is 0 Å². The minimum absolute atomic E-state index is 0.578. The van der Waals surface area contributed by atoms with E-state index in [1.165, 1.54) is 0 Å². The van der Waals surface area contributed by atoms with Crippen molar-refractivity contribution in [3.05, 3.63) is 158 Å². The smallest absolute Gasteiger partial charge is 0.227 e. The number of furan rings is 2. The molecule has 3 heterocycles. The highest BCUT2D eigenvalue weighted by molar-refractivity contribution is 6.19. The number of oxazole rings is 1. The van der Waals surface area contributed by atoms with Gasteiger partial charge in [0, 0.05) is 50.1 Å². The van der Waals surface area contributed by atoms with Crippen LogP contribution in [0.15, 0.2) is 171 Å². The number of hydrogen-bond donors (Lipinski definition) is 0. The number of hydrogen-bond acceptors (Lipinski definition) is 5. The summed E-state index contributed by atoms with van der Waals surface area (Å²) in [5.41, 5.74) is 10.7. The molecular weight excluding hydrogens is 592 g/mol. The highest BCUT2D eigenvalue weighted by Gasteiger charge is 2.23. The summed E-state index contributed by atoms with van der Waals surface area (Å²) in [6, 6.07) is 53.7. The van der Waals surface area contributed by atoms with Crippen LogP contribution in [0, 0.1) is 0 Å². The van der Waals surface area contributed by atoms with Crippen molar-refractivity contribution in [2.24, 2.45) is 0 Å². The van der Waals surface area contributed by atoms with Gasteiger partial charge in [-0.3, -0.25) is 0 Å². The van der Waals surface area contributed by atoms with Crippen LogP contribution >= 0.6 is 0 Å². The fourth-order valence-electron chi connectivity index (χ4n) is 6.95. The summed E-state index contributed by atoms with van der Waals surface area (Å²) in [6.07, 6.45) is 0. The van der Waals surface area contributed by atoms with E-state index in [-0.39, 0.29) is 0 Å². The largest absolute Gasteiger partial charge is 0.456 e. The summed E-state index contributed by atoms with van der Waals surface area (Å²) in [5, 5.41) is 4.25. The van der Waals surface area contributed by atoms with Crippen molar-refractivity contribution < 1.29 is 13.3 Å². The molecule has 0 aliphatic heterocycles. The lowest BCUT2D eigenvalue weighted by atomic mass is 9.97. The fraction of sp³-hybridized carbons (Fsp3) is 0. The molecule has 0 amide bonds. The molecule has 7 aromatic carbocycles. The summed E-state index contributed by atoms with van der Waals surface area (Å²) < 4.78 is 19.2. The zero-order chi connectivity index (χ0) is 31.6. The van der Waals surface area contributed by atoms with E-state index in [2.05, 4.69) is 89.8 Å². The van der Waals surface area contributed by atoms with Crippen LogP contribution in [0.4, 0.5) is 17.1 Å². The maximum absolute atomic E-state index is 6.50. The number of nitrogens with zero attached hydrogens (tertiary/aromatic N) is 2. The van der Waals surface area contributed by atoms with Gasteiger partial charge in [0.05, 0.1) is 5.69 Å². The van der Waals surface area contributed by atoms with E-state index in [0.29, 0.717) is 11.5 Å². The first-order valence-electron chi connectivity index (χ1n) is 16.0. The Kier molecular flexibility index (Phi) is 5.81. The van der Waals surface area contributed by atoms with Gasteiger partial charge in [0.1, 0.15) is 22.3 Å². The Bertz CT molecular complexity index is 2770. The van der Waals surface area contributed by atoms with E-state index in [4.69, 9.17) is 18.2 Å². The Morgan fingerprint density at radius 3 is 1.88 bits per heavy atom. The van der Waals surface area contributed by atoms with E-state index in [1.807, 2.05) is 72.8 Å². The predicted octanol–water partition coefficient (Wildman–Crippen LogP) is 12.4. The number of benzene rings is 7. The Morgan fingerprint density at radius 2 is 1.08 bits per heavy atom. The number of anilines is 3. The van der Waals surface area contributed by atoms with Crippen LogP contribution in [0.1, 0.15) is 0 Å². The van der Waals surface area contributed by atoms with Crippen molar-refractivity contribution in [3.63, 3.8) is 0 Å². The maximum Gasteiger partial charge on any atom is 0.227 e. The SMILES string of the molecule is c1ccc(-c2nc3c(-c4ccc(N(c5ccccc5)c5cccc6c5oc5ccccc56)cc4)c4c(cc3o2)oc2ccccc24)cc1. The minimum Gasteiger partial charge on any atom is -0.456 e. The highest BCUT2D eigenvalue weighted by atomic mass is 16.4. The highest BCUT2D eigenvalue weighted by Crippen LogP contribution is 2.45. The second kappa shape index (κ2) is 10.5. The lowest BCUT2D eigenvalue weighted by molar-refractivity contribution is 0.617. The molecule has 0 fully saturated rings. The topological polar surface area (TPSA) is 55.6 Å². The van der Waals surface area contributed by atoms with Gasteiger partial charge in [-0.25, -0.2) is 4.98 Å². The number of rotatable bonds is 5. The molecule has 0 N–H and O–H groups in total. The molecule has 0 bridgehead atoms. The Balaban J connectivity index is 1.19. The second-order valence-corrected chi connectivity index (χ2v) is 11.9. The van der Waals surface area contributed by atoms with Gasteiger partial charge in [0.15, 0.2) is 11.2 Å². The summed E-state index contributed by atoms with van der Waals surface area (Å²) in [7, 11) is 0. The van der Waals surface area contributed by atoms with Crippen LogP contribution in [0.25, 0.3) is 77.6 Å². The molecule has 0 saturated heterocycles. The molecule has 10 aromatic rings. The van der Waals surface area contributed by atoms with Gasteiger partial charge in [-0.1, -0.05) is 97.1 Å². The third kappa shape index (κ3) is 4.08. The molecule has 0 aliphatic carbocycles. The first-order chi connectivity index (χ1) is 23.8. The predicted molar refractivity (Wildman–Crippen MR) is 194 cm³/mol. The van der Waals surface area contributed by atoms with Crippen LogP contribution < -0.4 is 4.90 Å². The normalized spacial score (nSPS) is 11.8. The first-order valence-corrected chi connectivity index (χ1v) is 16.0. The third-order valence-electron chi connectivity index (χ3n) is 9.10. The molecule has 0 spiro atoms. The van der Waals surface area contributed by atoms with E-state index in [1.54, 1.807) is 0 Å². The second-order valence-electron chi connectivity index (χ2n) is 11.9. The Hall–Kier alpha value is -6.59. The van der Waals surface area contributed by atoms with Crippen molar-refractivity contribution >= 4 is 72.0 Å². The van der Waals surface area contributed by atoms with Crippen LogP contribution in [0.5, 0.6) is 0 Å². The van der Waals surface area contributed by atoms with Crippen molar-refractivity contribution in [2.75, 3.05) is 4.90 Å². The molecule has 226 valence electrons. The van der Waals surface area contributed by atoms with Crippen LogP contribution in [-0.4, -0.2) is 4.98 Å². The lowest BCUT2D eigenvalue weighted by Crippen LogP contribution is -2.10. The fourth-order valence-corrected chi connectivity index (χ4v) is 6.95. The average molecular weight is 619 g/mol. The zero-order valence-electron chi connectivity index (χ0n) is 25.6. The van der Waals surface area contributed by atoms with Gasteiger partial charge < -0.3 is 18.2 Å². The van der Waals surface area contributed by atoms with E-state index < -0.39 is 0 Å². The summed E-state index contributed by atoms with van der Waals surface area (Å²) in [5.74, 6) is 0.578. The summed E-state index contributed by atoms with van der Waals surface area (Å²) in [6.45, 7) is 0. The van der Waals surface area contributed by atoms with Gasteiger partial charge in [-0.15, -0.1) is 0 Å². The first kappa shape index (κ1) is 26.6. The molecule has 0 saturated carbocycles. The third-order valence-corrected chi connectivity index (χ3v) is 9.10. The standard InChI is InChI=1S/C43H26N2O3/c1-3-12-28(13-4-1)43-44-41-38(48-43)26-37-40(33-17-8-10-21-36(33)46-37)39(41)27-22-24-30(25-23-27)45(29-14-5-2-6-15-29)34-19-11-18-32-31-16-7-9-20-35(31)47-42(32)34/h1-26H. The Labute approximate surface area is 274 Å². The van der Waals surface area contributed by atoms with E-state index in [0.717, 1.165) is 83.1 Å². The summed E-state index contributed by atoms with van der Waals surface area (Å²) in [4.78, 5) is 7.32. The van der Waals surface area contributed by atoms with Gasteiger partial charge in [-0.05, 0) is 60.2 Å². The lowest BCUT2D eigenvalue weighted by Gasteiger charge is -2.25. The van der Waals surface area contributed by atoms with Gasteiger partial charge in [-0.2, -0.15) is 0 Å². The van der Waals surface area contributed by atoms with E-state index in [9.17, 15) is 0 Å². The van der Waals surface area contributed by atoms with Gasteiger partial charge in [0.25, 0.3) is 0 Å². The van der Waals surface area contributed by atoms with E-state index >= 15 is 0 Å². The molecule has 5 heteroatoms. The Morgan fingerprint density at radius 1 is 0.438 bits per heavy atom. The van der Waals surface area contributed by atoms with Gasteiger partial charge >= 0.3 is 0 Å². The minimum atomic E-state index is 0.578. The average Bonchev–Trinajstić information content (AvgIpc) is 3.86. The molecule has 48 heavy (non-hydrogen) atoms.